The Kier molecular flexibility index (Phi) is 5.97. The highest BCUT2D eigenvalue weighted by Gasteiger charge is 2.31. The van der Waals surface area contributed by atoms with E-state index >= 15 is 0 Å². The third kappa shape index (κ3) is 4.63. The predicted octanol–water partition coefficient (Wildman–Crippen LogP) is 3.35. The summed E-state index contributed by atoms with van der Waals surface area (Å²) in [6, 6.07) is 4.54. The Morgan fingerprint density at radius 1 is 1.10 bits per heavy atom. The first-order valence-corrected chi connectivity index (χ1v) is 7.61. The largest absolute Gasteiger partial charge is 0.317 e. The van der Waals surface area contributed by atoms with Crippen molar-refractivity contribution >= 4 is 12.4 Å². The van der Waals surface area contributed by atoms with Gasteiger partial charge in [0.15, 0.2) is 0 Å². The summed E-state index contributed by atoms with van der Waals surface area (Å²) >= 11 is 0. The highest BCUT2D eigenvalue weighted by atomic mass is 35.5. The molecular weight excluding hydrogens is 294 g/mol. The molecule has 0 aromatic heterocycles. The van der Waals surface area contributed by atoms with Crippen LogP contribution in [0.2, 0.25) is 0 Å². The fourth-order valence-electron chi connectivity index (χ4n) is 3.05. The zero-order chi connectivity index (χ0) is 13.9. The van der Waals surface area contributed by atoms with Gasteiger partial charge in [0, 0.05) is 30.8 Å². The van der Waals surface area contributed by atoms with E-state index < -0.39 is 11.6 Å². The Hall–Kier alpha value is -0.710. The van der Waals surface area contributed by atoms with E-state index in [1.54, 1.807) is 6.07 Å². The maximum absolute atomic E-state index is 13.8. The molecule has 1 saturated carbocycles. The minimum absolute atomic E-state index is 0. The molecule has 1 aromatic rings. The number of nitrogens with zero attached hydrogens (tertiary/aromatic N) is 1. The van der Waals surface area contributed by atoms with Crippen molar-refractivity contribution in [3.63, 3.8) is 0 Å². The zero-order valence-corrected chi connectivity index (χ0v) is 13.0. The van der Waals surface area contributed by atoms with Crippen LogP contribution in [0.4, 0.5) is 8.78 Å². The lowest BCUT2D eigenvalue weighted by molar-refractivity contribution is 0.188. The fraction of sp³-hybridized carbons (Fsp3) is 0.625. The SMILES string of the molecule is Cl.Fc1ccc(CN(CC2CCNCC2)C2CC2)c(F)c1. The molecule has 1 heterocycles. The summed E-state index contributed by atoms with van der Waals surface area (Å²) in [5.74, 6) is -0.205. The number of rotatable bonds is 5. The Morgan fingerprint density at radius 3 is 2.43 bits per heavy atom. The lowest BCUT2D eigenvalue weighted by atomic mass is 9.97. The van der Waals surface area contributed by atoms with Crippen LogP contribution in [0.1, 0.15) is 31.2 Å². The van der Waals surface area contributed by atoms with Crippen LogP contribution in [0.25, 0.3) is 0 Å². The number of hydrogen-bond donors (Lipinski definition) is 1. The average molecular weight is 317 g/mol. The molecule has 5 heteroatoms. The van der Waals surface area contributed by atoms with Gasteiger partial charge < -0.3 is 5.32 Å². The van der Waals surface area contributed by atoms with E-state index in [-0.39, 0.29) is 12.4 Å². The summed E-state index contributed by atoms with van der Waals surface area (Å²) in [7, 11) is 0. The molecule has 2 aliphatic rings. The van der Waals surface area contributed by atoms with Crippen molar-refractivity contribution in [3.8, 4) is 0 Å². The second-order valence-corrected chi connectivity index (χ2v) is 6.09. The van der Waals surface area contributed by atoms with Crippen LogP contribution in [-0.2, 0) is 6.54 Å². The van der Waals surface area contributed by atoms with Crippen molar-refractivity contribution in [1.82, 2.24) is 10.2 Å². The molecule has 1 aliphatic heterocycles. The van der Waals surface area contributed by atoms with Crippen LogP contribution in [0.15, 0.2) is 18.2 Å². The van der Waals surface area contributed by atoms with E-state index in [0.29, 0.717) is 24.1 Å². The summed E-state index contributed by atoms with van der Waals surface area (Å²) < 4.78 is 26.8. The molecule has 0 amide bonds. The normalized spacial score (nSPS) is 19.6. The minimum atomic E-state index is -0.498. The molecule has 3 rings (SSSR count). The first-order chi connectivity index (χ1) is 9.72. The van der Waals surface area contributed by atoms with E-state index in [1.165, 1.54) is 31.7 Å². The van der Waals surface area contributed by atoms with Gasteiger partial charge in [-0.05, 0) is 50.8 Å². The van der Waals surface area contributed by atoms with Gasteiger partial charge in [-0.2, -0.15) is 0 Å². The van der Waals surface area contributed by atoms with Gasteiger partial charge in [0.1, 0.15) is 11.6 Å². The average Bonchev–Trinajstić information content (AvgIpc) is 3.26. The summed E-state index contributed by atoms with van der Waals surface area (Å²) in [4.78, 5) is 2.40. The predicted molar refractivity (Wildman–Crippen MR) is 82.6 cm³/mol. The van der Waals surface area contributed by atoms with Crippen molar-refractivity contribution in [2.24, 2.45) is 5.92 Å². The second-order valence-electron chi connectivity index (χ2n) is 6.09. The molecule has 21 heavy (non-hydrogen) atoms. The number of benzene rings is 1. The van der Waals surface area contributed by atoms with Crippen LogP contribution >= 0.6 is 12.4 Å². The van der Waals surface area contributed by atoms with Crippen LogP contribution in [-0.4, -0.2) is 30.6 Å². The van der Waals surface area contributed by atoms with Gasteiger partial charge in [0.2, 0.25) is 0 Å². The van der Waals surface area contributed by atoms with Gasteiger partial charge in [-0.15, -0.1) is 12.4 Å². The highest BCUT2D eigenvalue weighted by molar-refractivity contribution is 5.85. The Balaban J connectivity index is 0.00000161. The van der Waals surface area contributed by atoms with E-state index in [2.05, 4.69) is 10.2 Å². The van der Waals surface area contributed by atoms with Gasteiger partial charge in [-0.25, -0.2) is 8.78 Å². The molecule has 0 bridgehead atoms. The third-order valence-electron chi connectivity index (χ3n) is 4.40. The lowest BCUT2D eigenvalue weighted by Crippen LogP contribution is -2.37. The van der Waals surface area contributed by atoms with Crippen molar-refractivity contribution in [3.05, 3.63) is 35.4 Å². The second kappa shape index (κ2) is 7.52. The van der Waals surface area contributed by atoms with Crippen molar-refractivity contribution in [2.45, 2.75) is 38.3 Å². The van der Waals surface area contributed by atoms with Crippen LogP contribution in [0, 0.1) is 17.6 Å². The van der Waals surface area contributed by atoms with Crippen LogP contribution in [0.5, 0.6) is 0 Å². The molecule has 118 valence electrons. The molecule has 1 N–H and O–H groups in total. The summed E-state index contributed by atoms with van der Waals surface area (Å²) in [5, 5.41) is 3.38. The molecule has 1 aromatic carbocycles. The molecule has 2 nitrogen and oxygen atoms in total. The van der Waals surface area contributed by atoms with Gasteiger partial charge >= 0.3 is 0 Å². The molecule has 1 aliphatic carbocycles. The summed E-state index contributed by atoms with van der Waals surface area (Å²) in [6.45, 7) is 3.84. The first kappa shape index (κ1) is 16.7. The van der Waals surface area contributed by atoms with Crippen LogP contribution < -0.4 is 5.32 Å². The summed E-state index contributed by atoms with van der Waals surface area (Å²) in [6.07, 6.45) is 4.84. The number of hydrogen-bond acceptors (Lipinski definition) is 2. The monoisotopic (exact) mass is 316 g/mol. The molecular formula is C16H23ClF2N2. The molecule has 0 unspecified atom stereocenters. The Labute approximate surface area is 131 Å². The lowest BCUT2D eigenvalue weighted by Gasteiger charge is -2.30. The smallest absolute Gasteiger partial charge is 0.130 e. The van der Waals surface area contributed by atoms with E-state index in [0.717, 1.165) is 25.7 Å². The zero-order valence-electron chi connectivity index (χ0n) is 12.2. The molecule has 0 atom stereocenters. The Bertz CT molecular complexity index is 460. The maximum atomic E-state index is 13.8. The Morgan fingerprint density at radius 2 is 1.81 bits per heavy atom. The number of piperidine rings is 1. The van der Waals surface area contributed by atoms with Gasteiger partial charge in [-0.1, -0.05) is 6.07 Å². The summed E-state index contributed by atoms with van der Waals surface area (Å²) in [5.41, 5.74) is 0.618. The van der Waals surface area contributed by atoms with E-state index in [4.69, 9.17) is 0 Å². The van der Waals surface area contributed by atoms with Gasteiger partial charge in [0.05, 0.1) is 0 Å². The maximum Gasteiger partial charge on any atom is 0.130 e. The molecule has 0 spiro atoms. The fourth-order valence-corrected chi connectivity index (χ4v) is 3.05. The standard InChI is InChI=1S/C16H22F2N2.ClH/c17-14-2-1-13(16(18)9-14)11-20(15-3-4-15)10-12-5-7-19-8-6-12;/h1-2,9,12,15,19H,3-8,10-11H2;1H. The van der Waals surface area contributed by atoms with Crippen molar-refractivity contribution in [2.75, 3.05) is 19.6 Å². The number of nitrogens with one attached hydrogen (secondary N) is 1. The third-order valence-corrected chi connectivity index (χ3v) is 4.40. The van der Waals surface area contributed by atoms with Crippen LogP contribution in [0.3, 0.4) is 0 Å². The topological polar surface area (TPSA) is 15.3 Å². The number of halogens is 3. The quantitative estimate of drug-likeness (QED) is 0.896. The van der Waals surface area contributed by atoms with Crippen molar-refractivity contribution in [1.29, 1.82) is 0 Å². The van der Waals surface area contributed by atoms with E-state index in [9.17, 15) is 8.78 Å². The first-order valence-electron chi connectivity index (χ1n) is 7.61. The highest BCUT2D eigenvalue weighted by Crippen LogP contribution is 2.30. The van der Waals surface area contributed by atoms with Crippen molar-refractivity contribution < 1.29 is 8.78 Å². The van der Waals surface area contributed by atoms with E-state index in [1.807, 2.05) is 0 Å². The van der Waals surface area contributed by atoms with Gasteiger partial charge in [0.25, 0.3) is 0 Å². The minimum Gasteiger partial charge on any atom is -0.317 e. The molecule has 2 fully saturated rings. The molecule has 1 saturated heterocycles. The van der Waals surface area contributed by atoms with Gasteiger partial charge in [-0.3, -0.25) is 4.90 Å². The molecule has 0 radical (unpaired) electrons.